The number of hydrogen-bond donors (Lipinski definition) is 1. The normalized spacial score (nSPS) is 18.2. The summed E-state index contributed by atoms with van der Waals surface area (Å²) in [6.07, 6.45) is 0.562. The van der Waals surface area contributed by atoms with Crippen LogP contribution in [0, 0.1) is 15.9 Å². The fourth-order valence-electron chi connectivity index (χ4n) is 5.64. The van der Waals surface area contributed by atoms with Crippen molar-refractivity contribution in [2.75, 3.05) is 10.2 Å². The van der Waals surface area contributed by atoms with Gasteiger partial charge in [0.15, 0.2) is 5.78 Å². The summed E-state index contributed by atoms with van der Waals surface area (Å²) in [5.41, 5.74) is 3.56. The number of rotatable bonds is 4. The van der Waals surface area contributed by atoms with Gasteiger partial charge in [-0.1, -0.05) is 48.0 Å². The van der Waals surface area contributed by atoms with E-state index in [0.29, 0.717) is 45.2 Å². The fourth-order valence-corrected chi connectivity index (χ4v) is 5.77. The highest BCUT2D eigenvalue weighted by Crippen LogP contribution is 2.48. The van der Waals surface area contributed by atoms with Crippen LogP contribution in [-0.4, -0.2) is 16.6 Å². The molecule has 2 aliphatic rings. The number of nitro benzene ring substituents is 1. The molecule has 204 valence electrons. The Morgan fingerprint density at radius 2 is 1.66 bits per heavy atom. The maximum absolute atomic E-state index is 14.3. The standard InChI is InChI=1S/C32H23ClFN3O4/c33-23-12-8-20(9-13-23)32(39)36-28-7-2-1-6-26(28)35-27-17-22(19-10-14-24(34)15-11-19)18-29(38)30(27)31(36)21-4-3-5-25(16-21)37(40)41/h1-16,22,31,35H,17-18H2/t22-,31+/m1/s1. The SMILES string of the molecule is O=C1C[C@H](c2ccc(F)cc2)CC2=C1[C@H](c1cccc([N+](=O)[O-])c1)N(C(=O)c1ccc(Cl)cc1)c1ccccc1N2. The van der Waals surface area contributed by atoms with Gasteiger partial charge in [-0.2, -0.15) is 0 Å². The second-order valence-electron chi connectivity index (χ2n) is 10.1. The van der Waals surface area contributed by atoms with Crippen LogP contribution < -0.4 is 10.2 Å². The fraction of sp³-hybridized carbons (Fsp3) is 0.125. The van der Waals surface area contributed by atoms with Crippen LogP contribution in [0.1, 0.15) is 46.3 Å². The number of para-hydroxylation sites is 2. The molecule has 0 bridgehead atoms. The molecule has 0 saturated heterocycles. The first-order valence-corrected chi connectivity index (χ1v) is 13.4. The van der Waals surface area contributed by atoms with E-state index in [0.717, 1.165) is 5.56 Å². The molecule has 0 saturated carbocycles. The Morgan fingerprint density at radius 3 is 2.39 bits per heavy atom. The molecule has 41 heavy (non-hydrogen) atoms. The molecule has 6 rings (SSSR count). The molecule has 1 aliphatic heterocycles. The Hall–Kier alpha value is -4.82. The summed E-state index contributed by atoms with van der Waals surface area (Å²) in [6, 6.07) is 24.8. The van der Waals surface area contributed by atoms with E-state index in [1.165, 1.54) is 29.2 Å². The van der Waals surface area contributed by atoms with Gasteiger partial charge < -0.3 is 5.32 Å². The number of nitro groups is 1. The van der Waals surface area contributed by atoms with Crippen LogP contribution in [0.25, 0.3) is 0 Å². The second-order valence-corrected chi connectivity index (χ2v) is 10.5. The average molecular weight is 568 g/mol. The van der Waals surface area contributed by atoms with Crippen molar-refractivity contribution in [3.05, 3.63) is 146 Å². The molecule has 0 fully saturated rings. The molecule has 9 heteroatoms. The summed E-state index contributed by atoms with van der Waals surface area (Å²) in [7, 11) is 0. The zero-order valence-corrected chi connectivity index (χ0v) is 22.3. The number of carbonyl (C=O) groups excluding carboxylic acids is 2. The quantitative estimate of drug-likeness (QED) is 0.202. The predicted molar refractivity (Wildman–Crippen MR) is 155 cm³/mol. The number of anilines is 2. The van der Waals surface area contributed by atoms with Crippen LogP contribution in [0.4, 0.5) is 21.5 Å². The number of benzene rings is 4. The van der Waals surface area contributed by atoms with Crippen molar-refractivity contribution in [2.45, 2.75) is 24.8 Å². The molecular weight excluding hydrogens is 545 g/mol. The number of nitrogens with zero attached hydrogens (tertiary/aromatic N) is 2. The van der Waals surface area contributed by atoms with E-state index in [9.17, 15) is 24.1 Å². The monoisotopic (exact) mass is 567 g/mol. The van der Waals surface area contributed by atoms with Gasteiger partial charge in [0, 0.05) is 40.4 Å². The highest BCUT2D eigenvalue weighted by molar-refractivity contribution is 6.30. The van der Waals surface area contributed by atoms with E-state index in [1.807, 2.05) is 12.1 Å². The largest absolute Gasteiger partial charge is 0.357 e. The van der Waals surface area contributed by atoms with Gasteiger partial charge in [-0.15, -0.1) is 0 Å². The number of non-ortho nitro benzene ring substituents is 1. The molecule has 1 amide bonds. The van der Waals surface area contributed by atoms with Gasteiger partial charge in [-0.3, -0.25) is 24.6 Å². The molecule has 0 radical (unpaired) electrons. The highest BCUT2D eigenvalue weighted by Gasteiger charge is 2.42. The molecule has 4 aromatic rings. The first-order valence-electron chi connectivity index (χ1n) is 13.0. The summed E-state index contributed by atoms with van der Waals surface area (Å²) in [6.45, 7) is 0. The third kappa shape index (κ3) is 4.98. The number of fused-ring (bicyclic) bond motifs is 1. The zero-order valence-electron chi connectivity index (χ0n) is 21.6. The van der Waals surface area contributed by atoms with Crippen molar-refractivity contribution in [3.8, 4) is 0 Å². The molecule has 2 atom stereocenters. The Bertz CT molecular complexity index is 1720. The van der Waals surface area contributed by atoms with E-state index in [2.05, 4.69) is 5.32 Å². The second kappa shape index (κ2) is 10.6. The number of allylic oxidation sites excluding steroid dienone is 1. The van der Waals surface area contributed by atoms with Crippen LogP contribution in [-0.2, 0) is 4.79 Å². The molecule has 0 spiro atoms. The van der Waals surface area contributed by atoms with Crippen molar-refractivity contribution in [3.63, 3.8) is 0 Å². The average Bonchev–Trinajstić information content (AvgIpc) is 3.12. The maximum Gasteiger partial charge on any atom is 0.269 e. The van der Waals surface area contributed by atoms with Gasteiger partial charge in [0.25, 0.3) is 11.6 Å². The first kappa shape index (κ1) is 26.4. The van der Waals surface area contributed by atoms with Crippen LogP contribution in [0.2, 0.25) is 5.02 Å². The van der Waals surface area contributed by atoms with Crippen LogP contribution in [0.3, 0.4) is 0 Å². The molecule has 0 aromatic heterocycles. The predicted octanol–water partition coefficient (Wildman–Crippen LogP) is 7.60. The lowest BCUT2D eigenvalue weighted by molar-refractivity contribution is -0.384. The number of amides is 1. The van der Waals surface area contributed by atoms with E-state index in [4.69, 9.17) is 11.6 Å². The molecule has 1 aliphatic carbocycles. The van der Waals surface area contributed by atoms with Crippen molar-refractivity contribution in [1.82, 2.24) is 0 Å². The maximum atomic E-state index is 14.3. The number of carbonyl (C=O) groups is 2. The van der Waals surface area contributed by atoms with E-state index < -0.39 is 16.9 Å². The van der Waals surface area contributed by atoms with Gasteiger partial charge in [0.1, 0.15) is 5.82 Å². The lowest BCUT2D eigenvalue weighted by Gasteiger charge is -2.35. The zero-order chi connectivity index (χ0) is 28.7. The van der Waals surface area contributed by atoms with Crippen molar-refractivity contribution in [2.24, 2.45) is 0 Å². The summed E-state index contributed by atoms with van der Waals surface area (Å²) in [4.78, 5) is 41.1. The summed E-state index contributed by atoms with van der Waals surface area (Å²) < 4.78 is 13.6. The van der Waals surface area contributed by atoms with Crippen molar-refractivity contribution in [1.29, 1.82) is 0 Å². The lowest BCUT2D eigenvalue weighted by Crippen LogP contribution is -2.38. The third-order valence-corrected chi connectivity index (χ3v) is 7.79. The number of halogens is 2. The molecular formula is C32H23ClFN3O4. The minimum absolute atomic E-state index is 0.136. The summed E-state index contributed by atoms with van der Waals surface area (Å²) >= 11 is 6.09. The molecule has 7 nitrogen and oxygen atoms in total. The number of nitrogens with one attached hydrogen (secondary N) is 1. The summed E-state index contributed by atoms with van der Waals surface area (Å²) in [5, 5.41) is 15.6. The topological polar surface area (TPSA) is 92.5 Å². The molecule has 1 N–H and O–H groups in total. The first-order chi connectivity index (χ1) is 19.8. The van der Waals surface area contributed by atoms with E-state index >= 15 is 0 Å². The Labute approximate surface area is 240 Å². The number of Topliss-reactive ketones (excluding diaryl/α,β-unsaturated/α-hetero) is 1. The third-order valence-electron chi connectivity index (χ3n) is 7.54. The van der Waals surface area contributed by atoms with Crippen LogP contribution in [0.5, 0.6) is 0 Å². The minimum atomic E-state index is -0.953. The van der Waals surface area contributed by atoms with Gasteiger partial charge in [-0.05, 0) is 72.0 Å². The van der Waals surface area contributed by atoms with Crippen molar-refractivity contribution >= 4 is 40.4 Å². The Kier molecular flexibility index (Phi) is 6.85. The molecule has 4 aromatic carbocycles. The van der Waals surface area contributed by atoms with E-state index in [1.54, 1.807) is 60.7 Å². The van der Waals surface area contributed by atoms with Crippen LogP contribution >= 0.6 is 11.6 Å². The van der Waals surface area contributed by atoms with Crippen LogP contribution in [0.15, 0.2) is 108 Å². The highest BCUT2D eigenvalue weighted by atomic mass is 35.5. The Balaban J connectivity index is 1.57. The van der Waals surface area contributed by atoms with E-state index in [-0.39, 0.29) is 29.6 Å². The Morgan fingerprint density at radius 1 is 0.927 bits per heavy atom. The van der Waals surface area contributed by atoms with Gasteiger partial charge in [0.05, 0.1) is 22.3 Å². The van der Waals surface area contributed by atoms with Crippen molar-refractivity contribution < 1.29 is 18.9 Å². The number of ketones is 1. The summed E-state index contributed by atoms with van der Waals surface area (Å²) in [5.74, 6) is -1.17. The number of hydrogen-bond acceptors (Lipinski definition) is 5. The lowest BCUT2D eigenvalue weighted by atomic mass is 9.78. The smallest absolute Gasteiger partial charge is 0.269 e. The van der Waals surface area contributed by atoms with Gasteiger partial charge in [-0.25, -0.2) is 4.39 Å². The minimum Gasteiger partial charge on any atom is -0.357 e. The van der Waals surface area contributed by atoms with Gasteiger partial charge >= 0.3 is 0 Å². The molecule has 1 heterocycles. The molecule has 0 unspecified atom stereocenters. The van der Waals surface area contributed by atoms with Gasteiger partial charge in [0.2, 0.25) is 0 Å².